The van der Waals surface area contributed by atoms with Crippen molar-refractivity contribution in [2.75, 3.05) is 0 Å². The topological polar surface area (TPSA) is 25.8 Å². The van der Waals surface area contributed by atoms with Crippen LogP contribution in [0.15, 0.2) is 60.3 Å². The van der Waals surface area contributed by atoms with Gasteiger partial charge in [-0.3, -0.25) is 0 Å². The Balaban J connectivity index is 1.89. The van der Waals surface area contributed by atoms with E-state index in [0.717, 1.165) is 28.0 Å². The molecule has 0 saturated heterocycles. The van der Waals surface area contributed by atoms with Crippen LogP contribution in [0.4, 0.5) is 0 Å². The molecule has 0 bridgehead atoms. The Hall–Kier alpha value is -2.26. The van der Waals surface area contributed by atoms with E-state index in [0.29, 0.717) is 0 Å². The molecule has 0 N–H and O–H groups in total. The maximum Gasteiger partial charge on any atom is 0.159 e. The van der Waals surface area contributed by atoms with E-state index in [1.54, 1.807) is 11.3 Å². The van der Waals surface area contributed by atoms with Gasteiger partial charge in [0.25, 0.3) is 0 Å². The average Bonchev–Trinajstić information content (AvgIpc) is 2.74. The monoisotopic (exact) mass is 290 g/mol. The second-order valence-electron chi connectivity index (χ2n) is 5.24. The van der Waals surface area contributed by atoms with Crippen LogP contribution < -0.4 is 0 Å². The molecule has 2 nitrogen and oxygen atoms in total. The predicted octanol–water partition coefficient (Wildman–Crippen LogP) is 5.13. The third-order valence-electron chi connectivity index (χ3n) is 3.68. The van der Waals surface area contributed by atoms with Gasteiger partial charge in [-0.15, -0.1) is 11.3 Å². The van der Waals surface area contributed by atoms with Crippen molar-refractivity contribution in [1.82, 2.24) is 9.97 Å². The maximum atomic E-state index is 4.81. The molecule has 0 spiro atoms. The Labute approximate surface area is 127 Å². The molecule has 0 amide bonds. The van der Waals surface area contributed by atoms with E-state index >= 15 is 0 Å². The van der Waals surface area contributed by atoms with Gasteiger partial charge in [-0.05, 0) is 19.4 Å². The van der Waals surface area contributed by atoms with Gasteiger partial charge in [0, 0.05) is 21.9 Å². The van der Waals surface area contributed by atoms with E-state index in [-0.39, 0.29) is 0 Å². The van der Waals surface area contributed by atoms with E-state index in [9.17, 15) is 0 Å². The maximum absolute atomic E-state index is 4.81. The van der Waals surface area contributed by atoms with Crippen LogP contribution >= 0.6 is 11.3 Å². The number of fused-ring (bicyclic) bond motifs is 3. The van der Waals surface area contributed by atoms with Crippen LogP contribution in [0.2, 0.25) is 0 Å². The molecule has 0 atom stereocenters. The molecule has 4 rings (SSSR count). The molecule has 0 aliphatic heterocycles. The number of aromatic nitrogens is 2. The summed E-state index contributed by atoms with van der Waals surface area (Å²) in [5.41, 5.74) is 3.51. The molecule has 3 heteroatoms. The molecule has 102 valence electrons. The van der Waals surface area contributed by atoms with Gasteiger partial charge in [-0.25, -0.2) is 9.97 Å². The van der Waals surface area contributed by atoms with Gasteiger partial charge in [0.05, 0.1) is 10.2 Å². The summed E-state index contributed by atoms with van der Waals surface area (Å²) in [6, 6.07) is 8.40. The van der Waals surface area contributed by atoms with Crippen molar-refractivity contribution in [3.63, 3.8) is 0 Å². The van der Waals surface area contributed by atoms with E-state index in [1.165, 1.54) is 15.7 Å². The van der Waals surface area contributed by atoms with Gasteiger partial charge in [0.2, 0.25) is 0 Å². The fraction of sp³-hybridized carbons (Fsp3) is 0.111. The Kier molecular flexibility index (Phi) is 2.93. The summed E-state index contributed by atoms with van der Waals surface area (Å²) in [6.07, 6.45) is 11.4. The van der Waals surface area contributed by atoms with Crippen LogP contribution in [0.5, 0.6) is 0 Å². The van der Waals surface area contributed by atoms with Crippen molar-refractivity contribution in [1.29, 1.82) is 0 Å². The van der Waals surface area contributed by atoms with Crippen LogP contribution in [0.3, 0.4) is 0 Å². The smallest absolute Gasteiger partial charge is 0.159 e. The van der Waals surface area contributed by atoms with Crippen LogP contribution in [-0.2, 0) is 0 Å². The van der Waals surface area contributed by atoms with E-state index < -0.39 is 0 Å². The Morgan fingerprint density at radius 3 is 3.00 bits per heavy atom. The van der Waals surface area contributed by atoms with Crippen molar-refractivity contribution in [2.45, 2.75) is 13.3 Å². The van der Waals surface area contributed by atoms with Crippen LogP contribution in [0.1, 0.15) is 19.2 Å². The lowest BCUT2D eigenvalue weighted by atomic mass is 10.1. The zero-order chi connectivity index (χ0) is 14.2. The normalized spacial score (nSPS) is 15.1. The number of thiophene rings is 1. The summed E-state index contributed by atoms with van der Waals surface area (Å²) in [5.74, 6) is 0.811. The summed E-state index contributed by atoms with van der Waals surface area (Å²) in [7, 11) is 0. The Morgan fingerprint density at radius 2 is 2.05 bits per heavy atom. The van der Waals surface area contributed by atoms with Crippen LogP contribution in [0.25, 0.3) is 25.9 Å². The van der Waals surface area contributed by atoms with E-state index in [2.05, 4.69) is 60.5 Å². The average molecular weight is 290 g/mol. The molecule has 2 heterocycles. The van der Waals surface area contributed by atoms with Gasteiger partial charge in [0.1, 0.15) is 0 Å². The molecule has 1 aliphatic carbocycles. The molecule has 0 unspecified atom stereocenters. The first-order valence-corrected chi connectivity index (χ1v) is 7.81. The molecule has 0 saturated carbocycles. The fourth-order valence-corrected chi connectivity index (χ4v) is 3.55. The van der Waals surface area contributed by atoms with Gasteiger partial charge in [0.15, 0.2) is 5.82 Å². The SMILES string of the molecule is CC1=CC=CC(c2ncc3sc4ccccc4c3n2)=CC1. The minimum Gasteiger partial charge on any atom is -0.235 e. The van der Waals surface area contributed by atoms with Crippen molar-refractivity contribution < 1.29 is 0 Å². The molecule has 2 aromatic heterocycles. The zero-order valence-electron chi connectivity index (χ0n) is 11.7. The van der Waals surface area contributed by atoms with Crippen LogP contribution in [-0.4, -0.2) is 9.97 Å². The number of nitrogens with zero attached hydrogens (tertiary/aromatic N) is 2. The van der Waals surface area contributed by atoms with Crippen molar-refractivity contribution in [3.05, 3.63) is 66.2 Å². The third-order valence-corrected chi connectivity index (χ3v) is 4.77. The molecular formula is C18H14N2S. The number of hydrogen-bond acceptors (Lipinski definition) is 3. The highest BCUT2D eigenvalue weighted by atomic mass is 32.1. The lowest BCUT2D eigenvalue weighted by molar-refractivity contribution is 1.16. The van der Waals surface area contributed by atoms with Gasteiger partial charge >= 0.3 is 0 Å². The minimum atomic E-state index is 0.811. The van der Waals surface area contributed by atoms with E-state index in [1.807, 2.05) is 6.20 Å². The standard InChI is InChI=1S/C18H14N2S/c1-12-5-4-6-13(10-9-12)18-19-11-16-17(20-18)14-7-2-3-8-15(14)21-16/h2-8,10-11H,9H2,1H3. The first-order chi connectivity index (χ1) is 10.3. The van der Waals surface area contributed by atoms with E-state index in [4.69, 9.17) is 4.98 Å². The highest BCUT2D eigenvalue weighted by molar-refractivity contribution is 7.25. The summed E-state index contributed by atoms with van der Waals surface area (Å²) in [5, 5.41) is 1.22. The number of hydrogen-bond donors (Lipinski definition) is 0. The zero-order valence-corrected chi connectivity index (χ0v) is 12.5. The third kappa shape index (κ3) is 2.20. The summed E-state index contributed by atoms with van der Waals surface area (Å²) in [6.45, 7) is 2.14. The molecule has 0 fully saturated rings. The van der Waals surface area contributed by atoms with Crippen molar-refractivity contribution in [3.8, 4) is 0 Å². The van der Waals surface area contributed by atoms with Gasteiger partial charge in [-0.1, -0.05) is 48.1 Å². The molecular weight excluding hydrogens is 276 g/mol. The van der Waals surface area contributed by atoms with Gasteiger partial charge in [-0.2, -0.15) is 0 Å². The van der Waals surface area contributed by atoms with Crippen molar-refractivity contribution in [2.24, 2.45) is 0 Å². The molecule has 21 heavy (non-hydrogen) atoms. The van der Waals surface area contributed by atoms with Crippen molar-refractivity contribution >= 4 is 37.2 Å². The minimum absolute atomic E-state index is 0.811. The largest absolute Gasteiger partial charge is 0.235 e. The Morgan fingerprint density at radius 1 is 1.14 bits per heavy atom. The second kappa shape index (κ2) is 4.93. The number of allylic oxidation sites excluding steroid dienone is 6. The molecule has 1 aliphatic rings. The fourth-order valence-electron chi connectivity index (χ4n) is 2.54. The summed E-state index contributed by atoms with van der Waals surface area (Å²) in [4.78, 5) is 9.36. The first-order valence-electron chi connectivity index (χ1n) is 7.00. The Bertz CT molecular complexity index is 929. The van der Waals surface area contributed by atoms with Gasteiger partial charge < -0.3 is 0 Å². The highest BCUT2D eigenvalue weighted by Crippen LogP contribution is 2.32. The summed E-state index contributed by atoms with van der Waals surface area (Å²) >= 11 is 1.75. The quantitative estimate of drug-likeness (QED) is 0.620. The first kappa shape index (κ1) is 12.5. The summed E-state index contributed by atoms with van der Waals surface area (Å²) < 4.78 is 2.41. The molecule has 1 aromatic carbocycles. The number of benzene rings is 1. The molecule has 0 radical (unpaired) electrons. The predicted molar refractivity (Wildman–Crippen MR) is 90.4 cm³/mol. The lowest BCUT2D eigenvalue weighted by Gasteiger charge is -2.01. The second-order valence-corrected chi connectivity index (χ2v) is 6.32. The molecule has 3 aromatic rings. The highest BCUT2D eigenvalue weighted by Gasteiger charge is 2.10. The van der Waals surface area contributed by atoms with Crippen LogP contribution in [0, 0.1) is 0 Å². The lowest BCUT2D eigenvalue weighted by Crippen LogP contribution is -1.91. The number of rotatable bonds is 1.